The summed E-state index contributed by atoms with van der Waals surface area (Å²) in [4.78, 5) is 0.162. The summed E-state index contributed by atoms with van der Waals surface area (Å²) in [5.41, 5.74) is 3.47. The van der Waals surface area contributed by atoms with Crippen molar-refractivity contribution in [3.05, 3.63) is 95.6 Å². The van der Waals surface area contributed by atoms with Gasteiger partial charge in [-0.25, -0.2) is 8.42 Å². The van der Waals surface area contributed by atoms with Crippen molar-refractivity contribution in [1.29, 1.82) is 0 Å². The van der Waals surface area contributed by atoms with Crippen LogP contribution in [0.25, 0.3) is 0 Å². The van der Waals surface area contributed by atoms with Gasteiger partial charge in [0, 0.05) is 12.1 Å². The number of hydrazone groups is 1. The maximum absolute atomic E-state index is 13.5. The Bertz CT molecular complexity index is 1390. The Balaban J connectivity index is 1.79. The zero-order valence-corrected chi connectivity index (χ0v) is 19.3. The van der Waals surface area contributed by atoms with Gasteiger partial charge in [-0.05, 0) is 42.3 Å². The van der Waals surface area contributed by atoms with Crippen LogP contribution in [0.3, 0.4) is 0 Å². The minimum absolute atomic E-state index is 0.162. The second-order valence-corrected chi connectivity index (χ2v) is 11.3. The lowest BCUT2D eigenvalue weighted by Gasteiger charge is -2.23. The zero-order chi connectivity index (χ0) is 22.9. The molecule has 1 heterocycles. The molecular weight excluding hydrogens is 446 g/mol. The van der Waals surface area contributed by atoms with E-state index in [1.165, 1.54) is 4.41 Å². The van der Waals surface area contributed by atoms with Crippen molar-refractivity contribution in [3.63, 3.8) is 0 Å². The quantitative estimate of drug-likeness (QED) is 0.592. The third-order valence-electron chi connectivity index (χ3n) is 5.09. The van der Waals surface area contributed by atoms with Gasteiger partial charge < -0.3 is 0 Å². The maximum Gasteiger partial charge on any atom is 0.279 e. The summed E-state index contributed by atoms with van der Waals surface area (Å²) < 4.78 is 53.8. The van der Waals surface area contributed by atoms with Gasteiger partial charge in [0.05, 0.1) is 22.9 Å². The molecule has 1 aliphatic heterocycles. The van der Waals surface area contributed by atoms with Crippen LogP contribution in [-0.4, -0.2) is 33.2 Å². The van der Waals surface area contributed by atoms with Gasteiger partial charge in [0.1, 0.15) is 0 Å². The Morgan fingerprint density at radius 3 is 2.31 bits per heavy atom. The molecule has 3 aromatic carbocycles. The number of hydrogen-bond donors (Lipinski definition) is 1. The molecule has 4 rings (SSSR count). The molecule has 0 fully saturated rings. The molecule has 3 aromatic rings. The lowest BCUT2D eigenvalue weighted by molar-refractivity contribution is 0.371. The van der Waals surface area contributed by atoms with E-state index < -0.39 is 26.1 Å². The van der Waals surface area contributed by atoms with Crippen molar-refractivity contribution in [1.82, 2.24) is 4.41 Å². The Kier molecular flexibility index (Phi) is 5.79. The Labute approximate surface area is 188 Å². The van der Waals surface area contributed by atoms with Crippen LogP contribution >= 0.6 is 0 Å². The largest absolute Gasteiger partial charge is 0.284 e. The molecule has 1 N–H and O–H groups in total. The van der Waals surface area contributed by atoms with E-state index in [1.54, 1.807) is 54.6 Å². The average Bonchev–Trinajstić information content (AvgIpc) is 3.20. The normalized spacial score (nSPS) is 16.6. The monoisotopic (exact) mass is 469 g/mol. The molecule has 0 aliphatic carbocycles. The summed E-state index contributed by atoms with van der Waals surface area (Å²) in [6.07, 6.45) is 1.44. The number of aryl methyl sites for hydroxylation is 1. The molecular formula is C23H23N3O4S2. The highest BCUT2D eigenvalue weighted by molar-refractivity contribution is 7.92. The third kappa shape index (κ3) is 4.68. The second-order valence-electron chi connectivity index (χ2n) is 7.73. The lowest BCUT2D eigenvalue weighted by atomic mass is 9.98. The van der Waals surface area contributed by atoms with Crippen molar-refractivity contribution in [2.24, 2.45) is 5.10 Å². The topological polar surface area (TPSA) is 95.9 Å². The molecule has 0 amide bonds. The first-order valence-corrected chi connectivity index (χ1v) is 13.3. The highest BCUT2D eigenvalue weighted by atomic mass is 32.2. The predicted octanol–water partition coefficient (Wildman–Crippen LogP) is 3.91. The molecule has 166 valence electrons. The molecule has 32 heavy (non-hydrogen) atoms. The van der Waals surface area contributed by atoms with Crippen molar-refractivity contribution in [3.8, 4) is 0 Å². The van der Waals surface area contributed by atoms with Crippen LogP contribution in [-0.2, 0) is 20.0 Å². The summed E-state index contributed by atoms with van der Waals surface area (Å²) in [6.45, 7) is 1.95. The third-order valence-corrected chi connectivity index (χ3v) is 7.39. The number of benzene rings is 3. The van der Waals surface area contributed by atoms with Gasteiger partial charge in [0.25, 0.3) is 10.0 Å². The first-order chi connectivity index (χ1) is 15.1. The van der Waals surface area contributed by atoms with E-state index in [2.05, 4.69) is 9.82 Å². The SMILES string of the molecule is Cc1cccc(C2CC(c3cccc(NS(C)(=O)=O)c3)=NN2S(=O)(=O)c2ccccc2)c1. The molecule has 1 atom stereocenters. The van der Waals surface area contributed by atoms with Gasteiger partial charge in [-0.15, -0.1) is 0 Å². The summed E-state index contributed by atoms with van der Waals surface area (Å²) in [5, 5.41) is 4.52. The van der Waals surface area contributed by atoms with E-state index in [9.17, 15) is 16.8 Å². The number of rotatable bonds is 6. The van der Waals surface area contributed by atoms with E-state index in [0.29, 0.717) is 23.4 Å². The number of anilines is 1. The van der Waals surface area contributed by atoms with Crippen LogP contribution in [0.4, 0.5) is 5.69 Å². The van der Waals surface area contributed by atoms with Crippen molar-refractivity contribution in [2.45, 2.75) is 24.3 Å². The number of hydrogen-bond acceptors (Lipinski definition) is 5. The fraction of sp³-hybridized carbons (Fsp3) is 0.174. The molecule has 0 bridgehead atoms. The van der Waals surface area contributed by atoms with Crippen LogP contribution < -0.4 is 4.72 Å². The zero-order valence-electron chi connectivity index (χ0n) is 17.6. The van der Waals surface area contributed by atoms with Gasteiger partial charge in [0.15, 0.2) is 0 Å². The van der Waals surface area contributed by atoms with E-state index in [-0.39, 0.29) is 4.90 Å². The van der Waals surface area contributed by atoms with E-state index in [0.717, 1.165) is 17.4 Å². The van der Waals surface area contributed by atoms with E-state index in [1.807, 2.05) is 31.2 Å². The molecule has 9 heteroatoms. The molecule has 1 aliphatic rings. The van der Waals surface area contributed by atoms with Crippen LogP contribution in [0.1, 0.15) is 29.2 Å². The van der Waals surface area contributed by atoms with Gasteiger partial charge in [-0.1, -0.05) is 60.2 Å². The second kappa shape index (κ2) is 8.40. The van der Waals surface area contributed by atoms with Crippen LogP contribution in [0, 0.1) is 6.92 Å². The van der Waals surface area contributed by atoms with Gasteiger partial charge in [-0.2, -0.15) is 17.9 Å². The van der Waals surface area contributed by atoms with Crippen LogP contribution in [0.5, 0.6) is 0 Å². The maximum atomic E-state index is 13.5. The van der Waals surface area contributed by atoms with Gasteiger partial charge in [0.2, 0.25) is 10.0 Å². The highest BCUT2D eigenvalue weighted by Crippen LogP contribution is 2.37. The molecule has 1 unspecified atom stereocenters. The summed E-state index contributed by atoms with van der Waals surface area (Å²) in [5.74, 6) is 0. The number of sulfonamides is 2. The molecule has 0 saturated heterocycles. The van der Waals surface area contributed by atoms with E-state index in [4.69, 9.17) is 0 Å². The smallest absolute Gasteiger partial charge is 0.279 e. The Morgan fingerprint density at radius 2 is 1.62 bits per heavy atom. The summed E-state index contributed by atoms with van der Waals surface area (Å²) in [6, 6.07) is 22.2. The standard InChI is InChI=1S/C23H23N3O4S2/c1-17-8-6-10-19(14-17)23-16-22(18-9-7-11-20(15-18)25-31(2,27)28)24-26(23)32(29,30)21-12-4-3-5-13-21/h3-15,23,25H,16H2,1-2H3. The lowest BCUT2D eigenvalue weighted by Crippen LogP contribution is -2.27. The Hall–Kier alpha value is -3.17. The minimum atomic E-state index is -3.89. The predicted molar refractivity (Wildman–Crippen MR) is 125 cm³/mol. The molecule has 0 radical (unpaired) electrons. The first kappa shape index (κ1) is 22.0. The minimum Gasteiger partial charge on any atom is -0.284 e. The van der Waals surface area contributed by atoms with Crippen molar-refractivity contribution < 1.29 is 16.8 Å². The summed E-state index contributed by atoms with van der Waals surface area (Å²) >= 11 is 0. The highest BCUT2D eigenvalue weighted by Gasteiger charge is 2.37. The number of nitrogens with one attached hydrogen (secondary N) is 1. The molecule has 0 spiro atoms. The van der Waals surface area contributed by atoms with Gasteiger partial charge >= 0.3 is 0 Å². The number of nitrogens with zero attached hydrogens (tertiary/aromatic N) is 2. The Morgan fingerprint density at radius 1 is 0.906 bits per heavy atom. The molecule has 0 aromatic heterocycles. The fourth-order valence-electron chi connectivity index (χ4n) is 3.69. The van der Waals surface area contributed by atoms with E-state index >= 15 is 0 Å². The molecule has 0 saturated carbocycles. The van der Waals surface area contributed by atoms with Crippen molar-refractivity contribution >= 4 is 31.4 Å². The average molecular weight is 470 g/mol. The van der Waals surface area contributed by atoms with Crippen molar-refractivity contribution in [2.75, 3.05) is 11.0 Å². The fourth-order valence-corrected chi connectivity index (χ4v) is 5.70. The van der Waals surface area contributed by atoms with Crippen LogP contribution in [0.2, 0.25) is 0 Å². The van der Waals surface area contributed by atoms with Crippen LogP contribution in [0.15, 0.2) is 88.9 Å². The van der Waals surface area contributed by atoms with Gasteiger partial charge in [-0.3, -0.25) is 4.72 Å². The summed E-state index contributed by atoms with van der Waals surface area (Å²) in [7, 11) is -7.34. The first-order valence-electron chi connectivity index (χ1n) is 9.95. The molecule has 7 nitrogen and oxygen atoms in total.